The van der Waals surface area contributed by atoms with Crippen LogP contribution in [0.2, 0.25) is 0 Å². The van der Waals surface area contributed by atoms with Crippen LogP contribution in [-0.4, -0.2) is 37.7 Å². The summed E-state index contributed by atoms with van der Waals surface area (Å²) in [5, 5.41) is 13.4. The number of amides is 2. The van der Waals surface area contributed by atoms with Crippen LogP contribution in [0.1, 0.15) is 48.6 Å². The fourth-order valence-corrected chi connectivity index (χ4v) is 5.49. The summed E-state index contributed by atoms with van der Waals surface area (Å²) in [6.07, 6.45) is 5.16. The van der Waals surface area contributed by atoms with Gasteiger partial charge in [-0.1, -0.05) is 54.8 Å². The maximum atomic E-state index is 13.8. The van der Waals surface area contributed by atoms with Gasteiger partial charge in [0.1, 0.15) is 23.9 Å². The Bertz CT molecular complexity index is 1320. The molecule has 0 bridgehead atoms. The van der Waals surface area contributed by atoms with Crippen LogP contribution in [0.15, 0.2) is 66.0 Å². The van der Waals surface area contributed by atoms with Gasteiger partial charge < -0.3 is 10.2 Å². The molecule has 1 fully saturated rings. The Hall–Kier alpha value is -3.59. The van der Waals surface area contributed by atoms with E-state index in [1.807, 2.05) is 41.8 Å². The van der Waals surface area contributed by atoms with Crippen LogP contribution in [0, 0.1) is 5.82 Å². The van der Waals surface area contributed by atoms with Crippen LogP contribution in [0.5, 0.6) is 0 Å². The maximum absolute atomic E-state index is 13.8. The molecular formula is C27H28FN5O2S. The van der Waals surface area contributed by atoms with Crippen molar-refractivity contribution in [2.45, 2.75) is 57.3 Å². The number of rotatable bonds is 8. The minimum atomic E-state index is -0.906. The number of nitrogens with zero attached hydrogens (tertiary/aromatic N) is 4. The smallest absolute Gasteiger partial charge is 0.247 e. The Morgan fingerprint density at radius 2 is 1.83 bits per heavy atom. The van der Waals surface area contributed by atoms with Crippen molar-refractivity contribution in [1.82, 2.24) is 25.2 Å². The van der Waals surface area contributed by atoms with Gasteiger partial charge >= 0.3 is 0 Å². The Labute approximate surface area is 212 Å². The minimum absolute atomic E-state index is 0.0692. The first-order chi connectivity index (χ1) is 17.6. The van der Waals surface area contributed by atoms with Gasteiger partial charge in [0.05, 0.1) is 12.1 Å². The molecule has 2 aromatic carbocycles. The topological polar surface area (TPSA) is 80.1 Å². The fourth-order valence-electron chi connectivity index (χ4n) is 4.79. The van der Waals surface area contributed by atoms with E-state index >= 15 is 0 Å². The Morgan fingerprint density at radius 1 is 1.06 bits per heavy atom. The van der Waals surface area contributed by atoms with Gasteiger partial charge in [-0.3, -0.25) is 9.59 Å². The zero-order chi connectivity index (χ0) is 24.9. The van der Waals surface area contributed by atoms with Gasteiger partial charge in [-0.25, -0.2) is 9.07 Å². The molecule has 1 atom stereocenters. The van der Waals surface area contributed by atoms with Gasteiger partial charge in [-0.05, 0) is 54.1 Å². The lowest BCUT2D eigenvalue weighted by atomic mass is 9.94. The van der Waals surface area contributed by atoms with Crippen LogP contribution >= 0.6 is 11.3 Å². The van der Waals surface area contributed by atoms with Gasteiger partial charge in [-0.2, -0.15) is 0 Å². The first kappa shape index (κ1) is 24.1. The van der Waals surface area contributed by atoms with E-state index in [1.54, 1.807) is 21.7 Å². The lowest BCUT2D eigenvalue weighted by Gasteiger charge is -2.33. The van der Waals surface area contributed by atoms with Crippen LogP contribution in [0.3, 0.4) is 0 Å². The van der Waals surface area contributed by atoms with E-state index in [0.29, 0.717) is 11.1 Å². The van der Waals surface area contributed by atoms with E-state index in [2.05, 4.69) is 15.6 Å². The summed E-state index contributed by atoms with van der Waals surface area (Å²) in [5.74, 6) is -0.913. The van der Waals surface area contributed by atoms with Crippen LogP contribution < -0.4 is 5.32 Å². The molecule has 186 valence electrons. The zero-order valence-corrected chi connectivity index (χ0v) is 20.7. The summed E-state index contributed by atoms with van der Waals surface area (Å²) in [6, 6.07) is 16.3. The molecule has 1 N–H and O–H groups in total. The molecule has 1 aliphatic carbocycles. The van der Waals surface area contributed by atoms with Crippen molar-refractivity contribution >= 4 is 34.2 Å². The monoisotopic (exact) mass is 505 g/mol. The van der Waals surface area contributed by atoms with Crippen molar-refractivity contribution in [2.75, 3.05) is 0 Å². The van der Waals surface area contributed by atoms with E-state index in [1.165, 1.54) is 29.9 Å². The van der Waals surface area contributed by atoms with E-state index < -0.39 is 11.9 Å². The number of nitrogens with one attached hydrogen (secondary N) is 1. The molecule has 1 aliphatic rings. The summed E-state index contributed by atoms with van der Waals surface area (Å²) in [7, 11) is 0. The largest absolute Gasteiger partial charge is 0.351 e. The molecule has 4 aromatic rings. The molecule has 0 aliphatic heterocycles. The maximum Gasteiger partial charge on any atom is 0.247 e. The molecule has 7 nitrogen and oxygen atoms in total. The van der Waals surface area contributed by atoms with Crippen molar-refractivity contribution in [3.63, 3.8) is 0 Å². The number of hydrogen-bond donors (Lipinski definition) is 1. The van der Waals surface area contributed by atoms with Crippen molar-refractivity contribution < 1.29 is 14.0 Å². The highest BCUT2D eigenvalue weighted by atomic mass is 32.1. The van der Waals surface area contributed by atoms with E-state index in [0.717, 1.165) is 36.1 Å². The van der Waals surface area contributed by atoms with Crippen molar-refractivity contribution in [2.24, 2.45) is 0 Å². The lowest BCUT2D eigenvalue weighted by molar-refractivity contribution is -0.142. The second kappa shape index (κ2) is 11.0. The van der Waals surface area contributed by atoms with E-state index in [-0.39, 0.29) is 30.9 Å². The van der Waals surface area contributed by atoms with Gasteiger partial charge in [0.25, 0.3) is 0 Å². The van der Waals surface area contributed by atoms with Crippen LogP contribution in [0.25, 0.3) is 11.0 Å². The van der Waals surface area contributed by atoms with Crippen LogP contribution in [0.4, 0.5) is 4.39 Å². The number of hydrogen-bond acceptors (Lipinski definition) is 5. The standard InChI is InChI=1S/C27H28FN5O2S/c28-20-14-12-19(13-15-20)26(27(35)29-21-7-2-1-3-8-21)32(17-22-9-6-16-36-22)25(34)18-33-24-11-5-4-10-23(24)30-31-33/h4-6,9-16,21,26H,1-3,7-8,17-18H2,(H,29,35)/t26-/m0/s1. The second-order valence-electron chi connectivity index (χ2n) is 9.13. The molecule has 0 spiro atoms. The summed E-state index contributed by atoms with van der Waals surface area (Å²) >= 11 is 1.52. The number of halogens is 1. The molecule has 36 heavy (non-hydrogen) atoms. The molecule has 0 saturated heterocycles. The van der Waals surface area contributed by atoms with Crippen molar-refractivity contribution in [3.8, 4) is 0 Å². The zero-order valence-electron chi connectivity index (χ0n) is 19.8. The number of para-hydroxylation sites is 1. The molecule has 9 heteroatoms. The van der Waals surface area contributed by atoms with Crippen molar-refractivity contribution in [3.05, 3.63) is 82.3 Å². The number of fused-ring (bicyclic) bond motifs is 1. The predicted molar refractivity (Wildman–Crippen MR) is 137 cm³/mol. The Morgan fingerprint density at radius 3 is 2.58 bits per heavy atom. The number of thiophene rings is 1. The average molecular weight is 506 g/mol. The Kier molecular flexibility index (Phi) is 7.36. The molecule has 2 aromatic heterocycles. The summed E-state index contributed by atoms with van der Waals surface area (Å²) in [6.45, 7) is 0.184. The molecule has 2 amide bonds. The number of aromatic nitrogens is 3. The summed E-state index contributed by atoms with van der Waals surface area (Å²) < 4.78 is 15.3. The van der Waals surface area contributed by atoms with Gasteiger partial charge in [0.15, 0.2) is 0 Å². The molecule has 0 unspecified atom stereocenters. The highest BCUT2D eigenvalue weighted by Crippen LogP contribution is 2.27. The number of benzene rings is 2. The highest BCUT2D eigenvalue weighted by Gasteiger charge is 2.33. The Balaban J connectivity index is 1.49. The first-order valence-corrected chi connectivity index (χ1v) is 13.1. The number of carbonyl (C=O) groups is 2. The van der Waals surface area contributed by atoms with E-state index in [9.17, 15) is 14.0 Å². The third kappa shape index (κ3) is 5.46. The molecule has 2 heterocycles. The molecule has 5 rings (SSSR count). The second-order valence-corrected chi connectivity index (χ2v) is 10.2. The van der Waals surface area contributed by atoms with Gasteiger partial charge in [-0.15, -0.1) is 16.4 Å². The molecule has 1 saturated carbocycles. The van der Waals surface area contributed by atoms with Crippen molar-refractivity contribution in [1.29, 1.82) is 0 Å². The summed E-state index contributed by atoms with van der Waals surface area (Å²) in [4.78, 5) is 30.1. The molecule has 0 radical (unpaired) electrons. The third-order valence-corrected chi connectivity index (χ3v) is 7.49. The van der Waals surface area contributed by atoms with E-state index in [4.69, 9.17) is 0 Å². The number of carbonyl (C=O) groups excluding carboxylic acids is 2. The minimum Gasteiger partial charge on any atom is -0.351 e. The normalized spacial score (nSPS) is 15.0. The SMILES string of the molecule is O=C(NC1CCCCC1)[C@H](c1ccc(F)cc1)N(Cc1cccs1)C(=O)Cn1nnc2ccccc21. The fraction of sp³-hybridized carbons (Fsp3) is 0.333. The molecular weight excluding hydrogens is 477 g/mol. The van der Waals surface area contributed by atoms with Gasteiger partial charge in [0.2, 0.25) is 11.8 Å². The third-order valence-electron chi connectivity index (χ3n) is 6.63. The quantitative estimate of drug-likeness (QED) is 0.371. The predicted octanol–water partition coefficient (Wildman–Crippen LogP) is 4.85. The first-order valence-electron chi connectivity index (χ1n) is 12.2. The average Bonchev–Trinajstić information content (AvgIpc) is 3.56. The summed E-state index contributed by atoms with van der Waals surface area (Å²) in [5.41, 5.74) is 2.00. The highest BCUT2D eigenvalue weighted by molar-refractivity contribution is 7.09. The van der Waals surface area contributed by atoms with Crippen LogP contribution in [-0.2, 0) is 22.7 Å². The lowest BCUT2D eigenvalue weighted by Crippen LogP contribution is -2.47. The van der Waals surface area contributed by atoms with Gasteiger partial charge in [0, 0.05) is 10.9 Å².